The van der Waals surface area contributed by atoms with Crippen LogP contribution in [-0.4, -0.2) is 29.5 Å². The molecule has 3 aromatic rings. The van der Waals surface area contributed by atoms with Crippen molar-refractivity contribution in [2.24, 2.45) is 5.92 Å². The third-order valence-electron chi connectivity index (χ3n) is 6.66. The van der Waals surface area contributed by atoms with E-state index in [2.05, 4.69) is 65.3 Å². The van der Waals surface area contributed by atoms with E-state index in [1.807, 2.05) is 12.1 Å². The van der Waals surface area contributed by atoms with Crippen LogP contribution in [0.3, 0.4) is 0 Å². The molecule has 148 valence electrons. The maximum atomic E-state index is 12.9. The number of nitrogens with one attached hydrogen (secondary N) is 1. The number of benzene rings is 2. The van der Waals surface area contributed by atoms with E-state index in [0.717, 1.165) is 36.0 Å². The van der Waals surface area contributed by atoms with Crippen LogP contribution in [0.25, 0.3) is 10.9 Å². The summed E-state index contributed by atoms with van der Waals surface area (Å²) in [5.41, 5.74) is 6.06. The van der Waals surface area contributed by atoms with Crippen molar-refractivity contribution in [2.45, 2.75) is 31.8 Å². The Kier molecular flexibility index (Phi) is 4.51. The highest BCUT2D eigenvalue weighted by atomic mass is 16.5. The number of nitrogens with zero attached hydrogens (tertiary/aromatic N) is 1. The summed E-state index contributed by atoms with van der Waals surface area (Å²) in [6.45, 7) is 3.87. The molecule has 1 N–H and O–H groups in total. The van der Waals surface area contributed by atoms with E-state index in [-0.39, 0.29) is 23.8 Å². The Morgan fingerprint density at radius 3 is 2.69 bits per heavy atom. The van der Waals surface area contributed by atoms with E-state index in [0.29, 0.717) is 0 Å². The zero-order valence-electron chi connectivity index (χ0n) is 16.9. The van der Waals surface area contributed by atoms with Crippen molar-refractivity contribution < 1.29 is 9.53 Å². The number of esters is 1. The zero-order chi connectivity index (χ0) is 20.0. The lowest BCUT2D eigenvalue weighted by Crippen LogP contribution is -2.45. The number of para-hydroxylation sites is 1. The Balaban J connectivity index is 1.67. The minimum absolute atomic E-state index is 0.129. The van der Waals surface area contributed by atoms with Crippen LogP contribution in [-0.2, 0) is 16.1 Å². The number of aromatic nitrogens is 1. The van der Waals surface area contributed by atoms with E-state index in [4.69, 9.17) is 4.74 Å². The molecule has 0 saturated carbocycles. The van der Waals surface area contributed by atoms with E-state index < -0.39 is 0 Å². The van der Waals surface area contributed by atoms with Crippen LogP contribution < -0.4 is 0 Å². The highest BCUT2D eigenvalue weighted by Gasteiger charge is 2.48. The number of methoxy groups -OCH3 is 1. The number of carbonyl (C=O) groups excluding carboxylic acids is 1. The van der Waals surface area contributed by atoms with Gasteiger partial charge in [-0.05, 0) is 30.5 Å². The van der Waals surface area contributed by atoms with Crippen molar-refractivity contribution in [1.82, 2.24) is 9.88 Å². The molecule has 1 fully saturated rings. The number of hydrogen-bond acceptors (Lipinski definition) is 3. The number of carbonyl (C=O) groups is 1. The number of hydrogen-bond donors (Lipinski definition) is 1. The van der Waals surface area contributed by atoms with Crippen molar-refractivity contribution in [1.29, 1.82) is 0 Å². The highest BCUT2D eigenvalue weighted by Crippen LogP contribution is 2.53. The van der Waals surface area contributed by atoms with Crippen molar-refractivity contribution in [2.75, 3.05) is 13.7 Å². The van der Waals surface area contributed by atoms with Crippen molar-refractivity contribution in [3.8, 4) is 0 Å². The van der Waals surface area contributed by atoms with Crippen molar-refractivity contribution >= 4 is 16.9 Å². The average molecular weight is 386 g/mol. The summed E-state index contributed by atoms with van der Waals surface area (Å²) >= 11 is 0. The monoisotopic (exact) mass is 386 g/mol. The van der Waals surface area contributed by atoms with Gasteiger partial charge in [-0.3, -0.25) is 9.69 Å². The van der Waals surface area contributed by atoms with Gasteiger partial charge in [0.25, 0.3) is 0 Å². The smallest absolute Gasteiger partial charge is 0.313 e. The summed E-state index contributed by atoms with van der Waals surface area (Å²) in [4.78, 5) is 19.1. The van der Waals surface area contributed by atoms with Crippen LogP contribution in [0.5, 0.6) is 0 Å². The predicted octanol–water partition coefficient (Wildman–Crippen LogP) is 4.95. The molecule has 4 heteroatoms. The normalized spacial score (nSPS) is 25.2. The van der Waals surface area contributed by atoms with Gasteiger partial charge in [0.05, 0.1) is 19.1 Å². The molecular formula is C25H26N2O2. The van der Waals surface area contributed by atoms with Crippen LogP contribution in [0.1, 0.15) is 42.1 Å². The van der Waals surface area contributed by atoms with E-state index in [1.165, 1.54) is 23.9 Å². The largest absolute Gasteiger partial charge is 0.469 e. The van der Waals surface area contributed by atoms with Crippen LogP contribution in [0.4, 0.5) is 0 Å². The van der Waals surface area contributed by atoms with Crippen LogP contribution in [0, 0.1) is 5.92 Å². The quantitative estimate of drug-likeness (QED) is 0.512. The van der Waals surface area contributed by atoms with Gasteiger partial charge in [-0.25, -0.2) is 0 Å². The van der Waals surface area contributed by atoms with Gasteiger partial charge in [0, 0.05) is 35.6 Å². The Bertz CT molecular complexity index is 1080. The summed E-state index contributed by atoms with van der Waals surface area (Å²) in [5.74, 6) is -0.182. The van der Waals surface area contributed by atoms with Gasteiger partial charge in [0.1, 0.15) is 0 Å². The molecule has 1 aliphatic carbocycles. The molecule has 2 aromatic carbocycles. The lowest BCUT2D eigenvalue weighted by atomic mass is 9.68. The molecule has 2 bridgehead atoms. The third-order valence-corrected chi connectivity index (χ3v) is 6.66. The second kappa shape index (κ2) is 7.20. The molecule has 0 amide bonds. The van der Waals surface area contributed by atoms with Crippen molar-refractivity contribution in [3.63, 3.8) is 0 Å². The Morgan fingerprint density at radius 1 is 1.17 bits per heavy atom. The number of aromatic amines is 1. The van der Waals surface area contributed by atoms with Gasteiger partial charge in [-0.15, -0.1) is 0 Å². The fourth-order valence-electron chi connectivity index (χ4n) is 5.34. The Morgan fingerprint density at radius 2 is 1.93 bits per heavy atom. The minimum Gasteiger partial charge on any atom is -0.469 e. The Labute approximate surface area is 171 Å². The summed E-state index contributed by atoms with van der Waals surface area (Å²) < 4.78 is 5.28. The number of allylic oxidation sites excluding steroid dienone is 1. The lowest BCUT2D eigenvalue weighted by Gasteiger charge is -2.47. The first kappa shape index (κ1) is 18.2. The van der Waals surface area contributed by atoms with Gasteiger partial charge in [-0.1, -0.05) is 60.2 Å². The molecule has 2 aliphatic rings. The van der Waals surface area contributed by atoms with Gasteiger partial charge >= 0.3 is 5.97 Å². The molecule has 1 saturated heterocycles. The lowest BCUT2D eigenvalue weighted by molar-refractivity contribution is -0.144. The fourth-order valence-corrected chi connectivity index (χ4v) is 5.34. The molecule has 1 aromatic heterocycles. The number of likely N-dealkylation sites (tertiary alicyclic amines) is 1. The second-order valence-electron chi connectivity index (χ2n) is 8.11. The molecule has 0 radical (unpaired) electrons. The zero-order valence-corrected chi connectivity index (χ0v) is 16.9. The summed E-state index contributed by atoms with van der Waals surface area (Å²) in [6.07, 6.45) is 3.14. The molecule has 5 rings (SSSR count). The van der Waals surface area contributed by atoms with E-state index >= 15 is 0 Å². The molecular weight excluding hydrogens is 360 g/mol. The topological polar surface area (TPSA) is 45.3 Å². The molecule has 1 aliphatic heterocycles. The van der Waals surface area contributed by atoms with Gasteiger partial charge < -0.3 is 9.72 Å². The maximum Gasteiger partial charge on any atom is 0.313 e. The predicted molar refractivity (Wildman–Crippen MR) is 115 cm³/mol. The van der Waals surface area contributed by atoms with Crippen LogP contribution in [0.2, 0.25) is 0 Å². The van der Waals surface area contributed by atoms with Crippen LogP contribution in [0.15, 0.2) is 66.2 Å². The van der Waals surface area contributed by atoms with Crippen LogP contribution >= 0.6 is 0 Å². The first-order valence-corrected chi connectivity index (χ1v) is 10.3. The average Bonchev–Trinajstić information content (AvgIpc) is 3.15. The molecule has 2 heterocycles. The van der Waals surface area contributed by atoms with Gasteiger partial charge in [-0.2, -0.15) is 0 Å². The summed E-state index contributed by atoms with van der Waals surface area (Å²) in [6, 6.07) is 19.2. The molecule has 0 spiro atoms. The number of rotatable bonds is 3. The van der Waals surface area contributed by atoms with Gasteiger partial charge in [0.2, 0.25) is 0 Å². The first-order chi connectivity index (χ1) is 14.2. The van der Waals surface area contributed by atoms with E-state index in [1.54, 1.807) is 0 Å². The third kappa shape index (κ3) is 2.90. The maximum absolute atomic E-state index is 12.9. The number of piperidine rings is 1. The highest BCUT2D eigenvalue weighted by molar-refractivity contribution is 5.92. The number of ether oxygens (including phenoxy) is 1. The first-order valence-electron chi connectivity index (χ1n) is 10.3. The summed E-state index contributed by atoms with van der Waals surface area (Å²) in [7, 11) is 1.50. The Hall–Kier alpha value is -2.85. The minimum atomic E-state index is -0.243. The molecule has 29 heavy (non-hydrogen) atoms. The number of H-pyrrole nitrogens is 1. The van der Waals surface area contributed by atoms with Crippen molar-refractivity contribution in [3.05, 3.63) is 83.1 Å². The van der Waals surface area contributed by atoms with E-state index in [9.17, 15) is 4.79 Å². The standard InChI is InChI=1S/C25H26N2O2/c1-3-17-15-27(14-16-9-5-4-6-10-16)21-13-19(17)23(25(28)29-2)22-18-11-7-8-12-20(18)26-24(21)22/h3-12,19,21,23,26H,13-15H2,1-2H3/b17-3-/t19-,21-,23-/m1/s1. The van der Waals surface area contributed by atoms with Gasteiger partial charge in [0.15, 0.2) is 0 Å². The fraction of sp³-hybridized carbons (Fsp3) is 0.320. The molecule has 0 unspecified atom stereocenters. The second-order valence-corrected chi connectivity index (χ2v) is 8.11. The molecule has 4 nitrogen and oxygen atoms in total. The summed E-state index contributed by atoms with van der Waals surface area (Å²) in [5, 5.41) is 1.14. The number of fused-ring (bicyclic) bond motifs is 6. The molecule has 3 atom stereocenters. The SMILES string of the molecule is C/C=C1/CN(Cc2ccccc2)[C@@H]2C[C@H]1[C@@H](C(=O)OC)c1c2[nH]c2ccccc12.